The molecule has 0 unspecified atom stereocenters. The second-order valence-corrected chi connectivity index (χ2v) is 6.73. The second kappa shape index (κ2) is 7.21. The standard InChI is InChI=1S/C18H25N5O/c1-13-14(2)20-12-23(18(13)24)10-16-5-8-22(9-6-16)11-17-4-7-19-15(3)21-17/h4,7,12,16H,5-6,8-11H2,1-3H3. The molecule has 2 aromatic heterocycles. The average molecular weight is 327 g/mol. The van der Waals surface area contributed by atoms with E-state index in [4.69, 9.17) is 0 Å². The van der Waals surface area contributed by atoms with Gasteiger partial charge in [0.1, 0.15) is 5.82 Å². The summed E-state index contributed by atoms with van der Waals surface area (Å²) < 4.78 is 1.77. The van der Waals surface area contributed by atoms with Crippen molar-refractivity contribution >= 4 is 0 Å². The predicted octanol–water partition coefficient (Wildman–Crippen LogP) is 1.87. The van der Waals surface area contributed by atoms with E-state index < -0.39 is 0 Å². The fourth-order valence-corrected chi connectivity index (χ4v) is 3.23. The molecular weight excluding hydrogens is 302 g/mol. The molecule has 1 saturated heterocycles. The molecule has 0 amide bonds. The lowest BCUT2D eigenvalue weighted by Gasteiger charge is -2.32. The first-order chi connectivity index (χ1) is 11.5. The molecule has 6 nitrogen and oxygen atoms in total. The van der Waals surface area contributed by atoms with E-state index in [2.05, 4.69) is 19.9 Å². The van der Waals surface area contributed by atoms with E-state index in [0.717, 1.165) is 61.8 Å². The molecule has 0 N–H and O–H groups in total. The first kappa shape index (κ1) is 16.8. The van der Waals surface area contributed by atoms with E-state index in [-0.39, 0.29) is 5.56 Å². The highest BCUT2D eigenvalue weighted by atomic mass is 16.1. The molecule has 1 fully saturated rings. The van der Waals surface area contributed by atoms with Gasteiger partial charge in [0.05, 0.1) is 12.0 Å². The Morgan fingerprint density at radius 1 is 1.17 bits per heavy atom. The Labute approximate surface area is 142 Å². The first-order valence-corrected chi connectivity index (χ1v) is 8.56. The SMILES string of the molecule is Cc1nccc(CN2CCC(Cn3cnc(C)c(C)c3=O)CC2)n1. The number of aromatic nitrogens is 4. The third-order valence-electron chi connectivity index (χ3n) is 4.90. The van der Waals surface area contributed by atoms with Crippen molar-refractivity contribution in [1.29, 1.82) is 0 Å². The predicted molar refractivity (Wildman–Crippen MR) is 92.7 cm³/mol. The molecule has 24 heavy (non-hydrogen) atoms. The molecule has 3 heterocycles. The molecular formula is C18H25N5O. The summed E-state index contributed by atoms with van der Waals surface area (Å²) in [5.41, 5.74) is 2.76. The van der Waals surface area contributed by atoms with Gasteiger partial charge in [-0.05, 0) is 58.7 Å². The lowest BCUT2D eigenvalue weighted by molar-refractivity contribution is 0.164. The van der Waals surface area contributed by atoms with Crippen LogP contribution in [0.15, 0.2) is 23.4 Å². The Kier molecular flexibility index (Phi) is 5.04. The smallest absolute Gasteiger partial charge is 0.256 e. The van der Waals surface area contributed by atoms with Crippen LogP contribution in [0.3, 0.4) is 0 Å². The maximum absolute atomic E-state index is 12.3. The third kappa shape index (κ3) is 3.87. The van der Waals surface area contributed by atoms with Crippen molar-refractivity contribution in [1.82, 2.24) is 24.4 Å². The van der Waals surface area contributed by atoms with E-state index >= 15 is 0 Å². The summed E-state index contributed by atoms with van der Waals surface area (Å²) in [6.07, 6.45) is 5.72. The lowest BCUT2D eigenvalue weighted by atomic mass is 9.96. The van der Waals surface area contributed by atoms with Crippen molar-refractivity contribution in [2.24, 2.45) is 5.92 Å². The molecule has 6 heteroatoms. The summed E-state index contributed by atoms with van der Waals surface area (Å²) >= 11 is 0. The van der Waals surface area contributed by atoms with E-state index in [1.165, 1.54) is 0 Å². The first-order valence-electron chi connectivity index (χ1n) is 8.56. The third-order valence-corrected chi connectivity index (χ3v) is 4.90. The van der Waals surface area contributed by atoms with Crippen molar-refractivity contribution < 1.29 is 0 Å². The highest BCUT2D eigenvalue weighted by molar-refractivity contribution is 5.12. The Balaban J connectivity index is 1.56. The minimum Gasteiger partial charge on any atom is -0.299 e. The molecule has 1 aliphatic rings. The Morgan fingerprint density at radius 2 is 1.92 bits per heavy atom. The van der Waals surface area contributed by atoms with Crippen LogP contribution in [0, 0.1) is 26.7 Å². The van der Waals surface area contributed by atoms with Crippen LogP contribution >= 0.6 is 0 Å². The van der Waals surface area contributed by atoms with Gasteiger partial charge in [-0.2, -0.15) is 0 Å². The summed E-state index contributed by atoms with van der Waals surface area (Å²) in [7, 11) is 0. The molecule has 0 spiro atoms. The van der Waals surface area contributed by atoms with Crippen molar-refractivity contribution in [2.45, 2.75) is 46.7 Å². The van der Waals surface area contributed by atoms with Crippen LogP contribution in [-0.4, -0.2) is 37.5 Å². The van der Waals surface area contributed by atoms with Gasteiger partial charge < -0.3 is 0 Å². The Bertz CT molecular complexity index is 762. The summed E-state index contributed by atoms with van der Waals surface area (Å²) in [5, 5.41) is 0. The van der Waals surface area contributed by atoms with Gasteiger partial charge in [0.15, 0.2) is 0 Å². The number of rotatable bonds is 4. The van der Waals surface area contributed by atoms with Gasteiger partial charge in [-0.15, -0.1) is 0 Å². The topological polar surface area (TPSA) is 63.9 Å². The monoisotopic (exact) mass is 327 g/mol. The minimum absolute atomic E-state index is 0.0985. The summed E-state index contributed by atoms with van der Waals surface area (Å²) in [6.45, 7) is 9.39. The quantitative estimate of drug-likeness (QED) is 0.858. The van der Waals surface area contributed by atoms with Crippen LogP contribution < -0.4 is 5.56 Å². The largest absolute Gasteiger partial charge is 0.299 e. The van der Waals surface area contributed by atoms with E-state index in [1.54, 1.807) is 10.9 Å². The molecule has 2 aromatic rings. The normalized spacial score (nSPS) is 16.5. The number of nitrogens with zero attached hydrogens (tertiary/aromatic N) is 5. The van der Waals surface area contributed by atoms with Gasteiger partial charge >= 0.3 is 0 Å². The van der Waals surface area contributed by atoms with Crippen LogP contribution in [0.4, 0.5) is 0 Å². The number of hydrogen-bond donors (Lipinski definition) is 0. The summed E-state index contributed by atoms with van der Waals surface area (Å²) in [4.78, 5) is 27.7. The highest BCUT2D eigenvalue weighted by Crippen LogP contribution is 2.20. The molecule has 128 valence electrons. The van der Waals surface area contributed by atoms with Crippen molar-refractivity contribution in [3.63, 3.8) is 0 Å². The van der Waals surface area contributed by atoms with E-state index in [0.29, 0.717) is 5.92 Å². The molecule has 3 rings (SSSR count). The molecule has 0 aliphatic carbocycles. The van der Waals surface area contributed by atoms with Crippen molar-refractivity contribution in [3.8, 4) is 0 Å². The number of hydrogen-bond acceptors (Lipinski definition) is 5. The van der Waals surface area contributed by atoms with Crippen LogP contribution in [0.2, 0.25) is 0 Å². The molecule has 0 atom stereocenters. The second-order valence-electron chi connectivity index (χ2n) is 6.73. The molecule has 0 bridgehead atoms. The Hall–Kier alpha value is -2.08. The lowest BCUT2D eigenvalue weighted by Crippen LogP contribution is -2.36. The fourth-order valence-electron chi connectivity index (χ4n) is 3.23. The van der Waals surface area contributed by atoms with Crippen molar-refractivity contribution in [3.05, 3.63) is 51.7 Å². The van der Waals surface area contributed by atoms with E-state index in [1.807, 2.05) is 33.0 Å². The van der Waals surface area contributed by atoms with Gasteiger partial charge in [0, 0.05) is 30.5 Å². The molecule has 1 aliphatic heterocycles. The molecule has 0 saturated carbocycles. The summed E-state index contributed by atoms with van der Waals surface area (Å²) in [5.74, 6) is 1.36. The summed E-state index contributed by atoms with van der Waals surface area (Å²) in [6, 6.07) is 1.99. The van der Waals surface area contributed by atoms with Crippen LogP contribution in [0.25, 0.3) is 0 Å². The zero-order chi connectivity index (χ0) is 17.1. The van der Waals surface area contributed by atoms with Crippen molar-refractivity contribution in [2.75, 3.05) is 13.1 Å². The number of likely N-dealkylation sites (tertiary alicyclic amines) is 1. The van der Waals surface area contributed by atoms with Gasteiger partial charge in [-0.3, -0.25) is 14.3 Å². The highest BCUT2D eigenvalue weighted by Gasteiger charge is 2.20. The van der Waals surface area contributed by atoms with Gasteiger partial charge in [0.2, 0.25) is 0 Å². The zero-order valence-electron chi connectivity index (χ0n) is 14.7. The van der Waals surface area contributed by atoms with Gasteiger partial charge in [0.25, 0.3) is 5.56 Å². The fraction of sp³-hybridized carbons (Fsp3) is 0.556. The number of aryl methyl sites for hydroxylation is 2. The maximum atomic E-state index is 12.3. The average Bonchev–Trinajstić information content (AvgIpc) is 2.57. The molecule has 0 radical (unpaired) electrons. The van der Waals surface area contributed by atoms with Gasteiger partial charge in [-0.25, -0.2) is 15.0 Å². The Morgan fingerprint density at radius 3 is 2.62 bits per heavy atom. The zero-order valence-corrected chi connectivity index (χ0v) is 14.7. The van der Waals surface area contributed by atoms with Crippen LogP contribution in [0.5, 0.6) is 0 Å². The van der Waals surface area contributed by atoms with E-state index in [9.17, 15) is 4.79 Å². The van der Waals surface area contributed by atoms with Crippen LogP contribution in [-0.2, 0) is 13.1 Å². The minimum atomic E-state index is 0.0985. The van der Waals surface area contributed by atoms with Crippen LogP contribution in [0.1, 0.15) is 35.6 Å². The number of piperidine rings is 1. The maximum Gasteiger partial charge on any atom is 0.256 e. The van der Waals surface area contributed by atoms with Gasteiger partial charge in [-0.1, -0.05) is 0 Å². The molecule has 0 aromatic carbocycles.